The predicted molar refractivity (Wildman–Crippen MR) is 83.3 cm³/mol. The average Bonchev–Trinajstić information content (AvgIpc) is 3.30. The summed E-state index contributed by atoms with van der Waals surface area (Å²) in [5.41, 5.74) is 2.39. The Morgan fingerprint density at radius 2 is 2.00 bits per heavy atom. The van der Waals surface area contributed by atoms with Gasteiger partial charge in [-0.25, -0.2) is 9.07 Å². The third-order valence-corrected chi connectivity index (χ3v) is 4.27. The van der Waals surface area contributed by atoms with E-state index in [2.05, 4.69) is 25.4 Å². The molecular weight excluding hydrogens is 309 g/mol. The molecule has 0 fully saturated rings. The van der Waals surface area contributed by atoms with E-state index in [0.29, 0.717) is 29.2 Å². The molecule has 0 amide bonds. The maximum Gasteiger partial charge on any atom is 0.271 e. The molecule has 0 saturated heterocycles. The number of benzene rings is 1. The zero-order valence-electron chi connectivity index (χ0n) is 12.5. The van der Waals surface area contributed by atoms with Crippen LogP contribution in [0.4, 0.5) is 4.39 Å². The Hall–Kier alpha value is -3.16. The van der Waals surface area contributed by atoms with E-state index >= 15 is 0 Å². The Balaban J connectivity index is 1.63. The summed E-state index contributed by atoms with van der Waals surface area (Å²) in [6.07, 6.45) is 2.48. The smallest absolute Gasteiger partial charge is 0.262 e. The number of halogens is 1. The number of aromatic nitrogens is 7. The summed E-state index contributed by atoms with van der Waals surface area (Å²) < 4.78 is 17.6. The van der Waals surface area contributed by atoms with Gasteiger partial charge in [0, 0.05) is 12.6 Å². The summed E-state index contributed by atoms with van der Waals surface area (Å²) in [5, 5.41) is 12.6. The lowest BCUT2D eigenvalue weighted by Gasteiger charge is -2.11. The third kappa shape index (κ3) is 1.86. The van der Waals surface area contributed by atoms with Gasteiger partial charge in [-0.3, -0.25) is 4.98 Å². The van der Waals surface area contributed by atoms with Crippen LogP contribution < -0.4 is 0 Å². The first kappa shape index (κ1) is 13.3. The molecule has 8 heteroatoms. The molecule has 4 heterocycles. The first-order valence-corrected chi connectivity index (χ1v) is 7.62. The van der Waals surface area contributed by atoms with Gasteiger partial charge in [-0.15, -0.1) is 10.2 Å². The second-order valence-corrected chi connectivity index (χ2v) is 5.71. The fraction of sp³-hybridized carbons (Fsp3) is 0.188. The number of fused-ring (bicyclic) bond motifs is 2. The minimum atomic E-state index is -1.15. The minimum Gasteiger partial charge on any atom is -0.262 e. The van der Waals surface area contributed by atoms with Crippen molar-refractivity contribution in [2.45, 2.75) is 18.6 Å². The molecule has 24 heavy (non-hydrogen) atoms. The number of nitrogens with zero attached hydrogens (tertiary/aromatic N) is 7. The summed E-state index contributed by atoms with van der Waals surface area (Å²) in [5.74, 6) is 0.634. The number of rotatable bonds is 2. The lowest BCUT2D eigenvalue weighted by Crippen LogP contribution is -2.09. The monoisotopic (exact) mass is 321 g/mol. The number of alkyl halides is 1. The third-order valence-electron chi connectivity index (χ3n) is 4.27. The van der Waals surface area contributed by atoms with Gasteiger partial charge in [-0.1, -0.05) is 35.5 Å². The molecule has 5 rings (SSSR count). The van der Waals surface area contributed by atoms with E-state index in [-0.39, 0.29) is 6.04 Å². The van der Waals surface area contributed by atoms with E-state index < -0.39 is 6.17 Å². The lowest BCUT2D eigenvalue weighted by molar-refractivity contribution is 0.328. The van der Waals surface area contributed by atoms with Gasteiger partial charge < -0.3 is 0 Å². The number of hydrogen-bond acceptors (Lipinski definition) is 5. The molecule has 0 saturated carbocycles. The van der Waals surface area contributed by atoms with Crippen molar-refractivity contribution in [2.24, 2.45) is 0 Å². The van der Waals surface area contributed by atoms with Crippen molar-refractivity contribution in [1.29, 1.82) is 0 Å². The van der Waals surface area contributed by atoms with Crippen molar-refractivity contribution in [3.05, 3.63) is 60.2 Å². The fourth-order valence-electron chi connectivity index (χ4n) is 3.13. The molecule has 2 atom stereocenters. The van der Waals surface area contributed by atoms with Gasteiger partial charge in [0.15, 0.2) is 12.0 Å². The topological polar surface area (TPSA) is 74.3 Å². The quantitative estimate of drug-likeness (QED) is 0.567. The van der Waals surface area contributed by atoms with Gasteiger partial charge in [0.2, 0.25) is 0 Å². The molecule has 1 aromatic carbocycles. The lowest BCUT2D eigenvalue weighted by atomic mass is 10.0. The number of pyridine rings is 1. The first-order valence-electron chi connectivity index (χ1n) is 7.62. The van der Waals surface area contributed by atoms with Crippen molar-refractivity contribution < 1.29 is 4.39 Å². The van der Waals surface area contributed by atoms with Crippen LogP contribution in [0.1, 0.15) is 30.0 Å². The van der Waals surface area contributed by atoms with Crippen LogP contribution in [0.3, 0.4) is 0 Å². The van der Waals surface area contributed by atoms with Gasteiger partial charge in [-0.2, -0.15) is 9.67 Å². The van der Waals surface area contributed by atoms with Crippen LogP contribution >= 0.6 is 0 Å². The highest BCUT2D eigenvalue weighted by atomic mass is 19.1. The maximum absolute atomic E-state index is 14.4. The zero-order valence-corrected chi connectivity index (χ0v) is 12.5. The largest absolute Gasteiger partial charge is 0.271 e. The Morgan fingerprint density at radius 3 is 2.88 bits per heavy atom. The summed E-state index contributed by atoms with van der Waals surface area (Å²) in [6.45, 7) is 0. The normalized spacial score (nSPS) is 19.7. The van der Waals surface area contributed by atoms with Gasteiger partial charge in [0.25, 0.3) is 5.95 Å². The van der Waals surface area contributed by atoms with Crippen LogP contribution in [0.15, 0.2) is 48.8 Å². The van der Waals surface area contributed by atoms with Crippen LogP contribution in [-0.4, -0.2) is 34.7 Å². The molecule has 0 unspecified atom stereocenters. The molecule has 7 nitrogen and oxygen atoms in total. The molecule has 0 spiro atoms. The van der Waals surface area contributed by atoms with Crippen molar-refractivity contribution >= 4 is 11.0 Å². The summed E-state index contributed by atoms with van der Waals surface area (Å²) in [7, 11) is 0. The molecule has 1 aliphatic heterocycles. The average molecular weight is 321 g/mol. The SMILES string of the molecule is F[C@H]1C[C@@H](c2ccccc2)n2nc(-n3nnc4ccncc43)nc21. The van der Waals surface area contributed by atoms with Crippen LogP contribution in [0, 0.1) is 0 Å². The molecule has 3 aromatic heterocycles. The minimum absolute atomic E-state index is 0.162. The van der Waals surface area contributed by atoms with Gasteiger partial charge >= 0.3 is 0 Å². The predicted octanol–water partition coefficient (Wildman–Crippen LogP) is 2.41. The summed E-state index contributed by atoms with van der Waals surface area (Å²) in [6, 6.07) is 11.4. The van der Waals surface area contributed by atoms with Crippen molar-refractivity contribution in [3.63, 3.8) is 0 Å². The highest BCUT2D eigenvalue weighted by molar-refractivity contribution is 5.73. The Morgan fingerprint density at radius 1 is 1.12 bits per heavy atom. The summed E-state index contributed by atoms with van der Waals surface area (Å²) >= 11 is 0. The van der Waals surface area contributed by atoms with E-state index in [0.717, 1.165) is 5.56 Å². The van der Waals surface area contributed by atoms with Crippen LogP contribution in [0.25, 0.3) is 17.0 Å². The second-order valence-electron chi connectivity index (χ2n) is 5.71. The Kier molecular flexibility index (Phi) is 2.72. The van der Waals surface area contributed by atoms with Crippen molar-refractivity contribution in [2.75, 3.05) is 0 Å². The van der Waals surface area contributed by atoms with Gasteiger partial charge in [-0.05, 0) is 11.6 Å². The molecule has 1 aliphatic rings. The molecule has 0 radical (unpaired) electrons. The first-order chi connectivity index (χ1) is 11.8. The van der Waals surface area contributed by atoms with Crippen LogP contribution in [-0.2, 0) is 0 Å². The fourth-order valence-corrected chi connectivity index (χ4v) is 3.13. The highest BCUT2D eigenvalue weighted by Gasteiger charge is 2.35. The Bertz CT molecular complexity index is 1020. The van der Waals surface area contributed by atoms with E-state index in [9.17, 15) is 4.39 Å². The zero-order chi connectivity index (χ0) is 16.1. The molecule has 118 valence electrons. The number of hydrogen-bond donors (Lipinski definition) is 0. The molecular formula is C16H12FN7. The van der Waals surface area contributed by atoms with Gasteiger partial charge in [0.1, 0.15) is 11.0 Å². The highest BCUT2D eigenvalue weighted by Crippen LogP contribution is 2.39. The van der Waals surface area contributed by atoms with Crippen molar-refractivity contribution in [3.8, 4) is 5.95 Å². The van der Waals surface area contributed by atoms with Crippen LogP contribution in [0.5, 0.6) is 0 Å². The second kappa shape index (κ2) is 4.92. The van der Waals surface area contributed by atoms with Crippen LogP contribution in [0.2, 0.25) is 0 Å². The van der Waals surface area contributed by atoms with Crippen molar-refractivity contribution in [1.82, 2.24) is 34.7 Å². The van der Waals surface area contributed by atoms with Gasteiger partial charge in [0.05, 0.1) is 12.2 Å². The molecule has 0 aliphatic carbocycles. The molecule has 0 N–H and O–H groups in total. The van der Waals surface area contributed by atoms with E-state index in [1.54, 1.807) is 23.1 Å². The van der Waals surface area contributed by atoms with E-state index in [1.807, 2.05) is 30.3 Å². The maximum atomic E-state index is 14.4. The Labute approximate surface area is 135 Å². The van der Waals surface area contributed by atoms with E-state index in [4.69, 9.17) is 0 Å². The molecule has 4 aromatic rings. The van der Waals surface area contributed by atoms with E-state index in [1.165, 1.54) is 4.68 Å². The molecule has 0 bridgehead atoms. The summed E-state index contributed by atoms with van der Waals surface area (Å²) in [4.78, 5) is 8.42. The standard InChI is InChI=1S/C16H12FN7/c17-11-8-13(10-4-2-1-3-5-10)23-15(11)19-16(21-23)24-14-9-18-7-6-12(14)20-22-24/h1-7,9,11,13H,8H2/t11-,13-/m0/s1.